The van der Waals surface area contributed by atoms with E-state index in [-0.39, 0.29) is 5.54 Å². The summed E-state index contributed by atoms with van der Waals surface area (Å²) < 4.78 is 16.1. The fourth-order valence-electron chi connectivity index (χ4n) is 2.58. The molecule has 1 spiro atoms. The second kappa shape index (κ2) is 6.15. The van der Waals surface area contributed by atoms with E-state index in [4.69, 9.17) is 19.2 Å². The highest BCUT2D eigenvalue weighted by Crippen LogP contribution is 2.37. The molecule has 0 unspecified atom stereocenters. The molecule has 0 aliphatic carbocycles. The zero-order valence-electron chi connectivity index (χ0n) is 12.3. The fourth-order valence-corrected chi connectivity index (χ4v) is 3.78. The number of benzene rings is 1. The van der Waals surface area contributed by atoms with E-state index in [2.05, 4.69) is 5.32 Å². The van der Waals surface area contributed by atoms with E-state index in [9.17, 15) is 0 Å². The second-order valence-corrected chi connectivity index (χ2v) is 6.20. The Morgan fingerprint density at radius 1 is 1.24 bits per heavy atom. The highest BCUT2D eigenvalue weighted by Gasteiger charge is 2.37. The van der Waals surface area contributed by atoms with E-state index in [0.717, 1.165) is 54.2 Å². The van der Waals surface area contributed by atoms with Crippen molar-refractivity contribution in [2.75, 3.05) is 38.5 Å². The molecule has 21 heavy (non-hydrogen) atoms. The van der Waals surface area contributed by atoms with Crippen LogP contribution in [0.15, 0.2) is 23.2 Å². The molecule has 0 saturated carbocycles. The second-order valence-electron chi connectivity index (χ2n) is 5.23. The van der Waals surface area contributed by atoms with Gasteiger partial charge in [0.25, 0.3) is 0 Å². The number of hydrogen-bond acceptors (Lipinski definition) is 6. The summed E-state index contributed by atoms with van der Waals surface area (Å²) in [7, 11) is 3.32. The summed E-state index contributed by atoms with van der Waals surface area (Å²) in [4.78, 5) is 4.90. The summed E-state index contributed by atoms with van der Waals surface area (Å²) >= 11 is 1.76. The Labute approximate surface area is 129 Å². The van der Waals surface area contributed by atoms with Gasteiger partial charge in [-0.3, -0.25) is 4.99 Å². The number of hydrogen-bond donors (Lipinski definition) is 1. The standard InChI is InChI=1S/C15H20N2O3S/c1-18-11-3-4-13(19-2)12(9-11)16-14-17-15(10-21-14)5-7-20-8-6-15/h3-4,9H,5-8,10H2,1-2H3,(H,16,17). The molecule has 5 nitrogen and oxygen atoms in total. The monoisotopic (exact) mass is 308 g/mol. The van der Waals surface area contributed by atoms with Crippen LogP contribution in [0.4, 0.5) is 5.69 Å². The first-order valence-corrected chi connectivity index (χ1v) is 8.03. The minimum absolute atomic E-state index is 0.0529. The van der Waals surface area contributed by atoms with Crippen LogP contribution in [0.2, 0.25) is 0 Å². The van der Waals surface area contributed by atoms with Crippen LogP contribution in [-0.2, 0) is 4.74 Å². The summed E-state index contributed by atoms with van der Waals surface area (Å²) in [5.74, 6) is 2.60. The maximum Gasteiger partial charge on any atom is 0.161 e. The molecule has 1 aromatic carbocycles. The van der Waals surface area contributed by atoms with Crippen LogP contribution in [0, 0.1) is 0 Å². The summed E-state index contributed by atoms with van der Waals surface area (Å²) in [5, 5.41) is 4.32. The van der Waals surface area contributed by atoms with Gasteiger partial charge in [0.05, 0.1) is 25.4 Å². The highest BCUT2D eigenvalue weighted by molar-refractivity contribution is 8.14. The molecule has 114 valence electrons. The fraction of sp³-hybridized carbons (Fsp3) is 0.533. The van der Waals surface area contributed by atoms with Crippen molar-refractivity contribution in [2.45, 2.75) is 18.4 Å². The first kappa shape index (κ1) is 14.5. The lowest BCUT2D eigenvalue weighted by atomic mass is 9.93. The van der Waals surface area contributed by atoms with Gasteiger partial charge in [-0.2, -0.15) is 0 Å². The van der Waals surface area contributed by atoms with E-state index in [0.29, 0.717) is 0 Å². The van der Waals surface area contributed by atoms with Gasteiger partial charge in [0.15, 0.2) is 5.17 Å². The van der Waals surface area contributed by atoms with Crippen LogP contribution in [0.3, 0.4) is 0 Å². The molecular formula is C15H20N2O3S. The zero-order chi connectivity index (χ0) is 14.7. The lowest BCUT2D eigenvalue weighted by Gasteiger charge is -2.29. The molecule has 0 aromatic heterocycles. The van der Waals surface area contributed by atoms with Crippen LogP contribution in [0.1, 0.15) is 12.8 Å². The lowest BCUT2D eigenvalue weighted by molar-refractivity contribution is 0.0624. The van der Waals surface area contributed by atoms with E-state index in [1.165, 1.54) is 0 Å². The number of anilines is 1. The van der Waals surface area contributed by atoms with Crippen molar-refractivity contribution in [3.05, 3.63) is 18.2 Å². The molecule has 2 aliphatic heterocycles. The molecule has 1 saturated heterocycles. The number of aliphatic imine (C=N–C) groups is 1. The van der Waals surface area contributed by atoms with Gasteiger partial charge in [-0.15, -0.1) is 0 Å². The molecule has 0 radical (unpaired) electrons. The highest BCUT2D eigenvalue weighted by atomic mass is 32.2. The molecule has 2 heterocycles. The number of nitrogens with zero attached hydrogens (tertiary/aromatic N) is 1. The van der Waals surface area contributed by atoms with Crippen LogP contribution in [-0.4, -0.2) is 43.9 Å². The van der Waals surface area contributed by atoms with E-state index >= 15 is 0 Å². The van der Waals surface area contributed by atoms with Gasteiger partial charge < -0.3 is 19.5 Å². The Kier molecular flexibility index (Phi) is 4.26. The third-order valence-electron chi connectivity index (χ3n) is 3.89. The number of methoxy groups -OCH3 is 2. The van der Waals surface area contributed by atoms with E-state index in [1.807, 2.05) is 18.2 Å². The summed E-state index contributed by atoms with van der Waals surface area (Å²) in [5.41, 5.74) is 0.935. The van der Waals surface area contributed by atoms with Crippen molar-refractivity contribution in [2.24, 2.45) is 4.99 Å². The van der Waals surface area contributed by atoms with Gasteiger partial charge in [-0.05, 0) is 25.0 Å². The summed E-state index contributed by atoms with van der Waals surface area (Å²) in [6.45, 7) is 1.61. The Hall–Kier alpha value is -1.40. The molecule has 1 aromatic rings. The van der Waals surface area contributed by atoms with Crippen LogP contribution in [0.5, 0.6) is 11.5 Å². The first-order valence-electron chi connectivity index (χ1n) is 7.04. The zero-order valence-corrected chi connectivity index (χ0v) is 13.2. The third kappa shape index (κ3) is 3.11. The number of rotatable bonds is 3. The van der Waals surface area contributed by atoms with Crippen molar-refractivity contribution >= 4 is 22.6 Å². The van der Waals surface area contributed by atoms with Gasteiger partial charge in [0, 0.05) is 25.0 Å². The normalized spacial score (nSPS) is 20.2. The number of ether oxygens (including phenoxy) is 3. The minimum atomic E-state index is 0.0529. The Morgan fingerprint density at radius 2 is 2.05 bits per heavy atom. The molecule has 2 aliphatic rings. The molecule has 6 heteroatoms. The molecule has 3 rings (SSSR count). The van der Waals surface area contributed by atoms with E-state index in [1.54, 1.807) is 26.0 Å². The van der Waals surface area contributed by atoms with Gasteiger partial charge in [-0.25, -0.2) is 0 Å². The average Bonchev–Trinajstić information content (AvgIpc) is 2.90. The molecule has 0 atom stereocenters. The van der Waals surface area contributed by atoms with Crippen LogP contribution in [0.25, 0.3) is 0 Å². The van der Waals surface area contributed by atoms with E-state index < -0.39 is 0 Å². The van der Waals surface area contributed by atoms with Crippen molar-refractivity contribution in [3.63, 3.8) is 0 Å². The van der Waals surface area contributed by atoms with Crippen molar-refractivity contribution in [1.29, 1.82) is 0 Å². The molecule has 0 bridgehead atoms. The van der Waals surface area contributed by atoms with Crippen molar-refractivity contribution < 1.29 is 14.2 Å². The maximum absolute atomic E-state index is 5.44. The van der Waals surface area contributed by atoms with Crippen LogP contribution < -0.4 is 14.8 Å². The molecule has 1 fully saturated rings. The van der Waals surface area contributed by atoms with Gasteiger partial charge >= 0.3 is 0 Å². The Morgan fingerprint density at radius 3 is 2.76 bits per heavy atom. The van der Waals surface area contributed by atoms with Crippen molar-refractivity contribution in [1.82, 2.24) is 0 Å². The predicted molar refractivity (Wildman–Crippen MR) is 85.8 cm³/mol. The number of amidine groups is 1. The molecular weight excluding hydrogens is 288 g/mol. The molecule has 1 N–H and O–H groups in total. The third-order valence-corrected chi connectivity index (χ3v) is 5.04. The average molecular weight is 308 g/mol. The van der Waals surface area contributed by atoms with Gasteiger partial charge in [-0.1, -0.05) is 11.8 Å². The van der Waals surface area contributed by atoms with Gasteiger partial charge in [0.1, 0.15) is 11.5 Å². The minimum Gasteiger partial charge on any atom is -0.497 e. The summed E-state index contributed by atoms with van der Waals surface area (Å²) in [6.07, 6.45) is 2.00. The first-order chi connectivity index (χ1) is 10.2. The molecule has 0 amide bonds. The Bertz CT molecular complexity index is 542. The number of thioether (sulfide) groups is 1. The van der Waals surface area contributed by atoms with Gasteiger partial charge in [0.2, 0.25) is 0 Å². The quantitative estimate of drug-likeness (QED) is 0.930. The Balaban J connectivity index is 1.79. The predicted octanol–water partition coefficient (Wildman–Crippen LogP) is 2.77. The van der Waals surface area contributed by atoms with Crippen LogP contribution >= 0.6 is 11.8 Å². The number of nitrogens with one attached hydrogen (secondary N) is 1. The maximum atomic E-state index is 5.44. The van der Waals surface area contributed by atoms with Crippen molar-refractivity contribution in [3.8, 4) is 11.5 Å². The smallest absolute Gasteiger partial charge is 0.161 e. The lowest BCUT2D eigenvalue weighted by Crippen LogP contribution is -2.34. The summed E-state index contributed by atoms with van der Waals surface area (Å²) in [6, 6.07) is 5.70. The largest absolute Gasteiger partial charge is 0.497 e. The topological polar surface area (TPSA) is 52.1 Å². The SMILES string of the molecule is COc1ccc(OC)c(NC2=NC3(CCOCC3)CS2)c1.